The largest absolute Gasteiger partial charge is 0.494 e. The molecule has 1 fully saturated rings. The van der Waals surface area contributed by atoms with Crippen molar-refractivity contribution >= 4 is 5.97 Å². The van der Waals surface area contributed by atoms with Gasteiger partial charge in [0.25, 0.3) is 0 Å². The molecule has 0 radical (unpaired) electrons. The Balaban J connectivity index is 2.22. The van der Waals surface area contributed by atoms with Crippen molar-refractivity contribution in [3.63, 3.8) is 0 Å². The number of rotatable bonds is 4. The third-order valence-corrected chi connectivity index (χ3v) is 2.94. The highest BCUT2D eigenvalue weighted by Gasteiger charge is 2.23. The van der Waals surface area contributed by atoms with Crippen LogP contribution in [-0.2, 0) is 4.74 Å². The molecule has 0 unspecified atom stereocenters. The molecule has 1 aliphatic rings. The van der Waals surface area contributed by atoms with Gasteiger partial charge in [0.15, 0.2) is 11.4 Å². The van der Waals surface area contributed by atoms with Gasteiger partial charge in [-0.15, -0.1) is 0 Å². The summed E-state index contributed by atoms with van der Waals surface area (Å²) in [6.07, 6.45) is 2.23. The van der Waals surface area contributed by atoms with E-state index in [0.717, 1.165) is 25.1 Å². The molecule has 1 saturated heterocycles. The normalized spacial score (nSPS) is 19.3. The van der Waals surface area contributed by atoms with Gasteiger partial charge in [-0.3, -0.25) is 0 Å². The third-order valence-electron chi connectivity index (χ3n) is 2.94. The number of carbonyl (C=O) groups excluding carboxylic acids is 1. The molecule has 0 aliphatic carbocycles. The lowest BCUT2D eigenvalue weighted by atomic mass is 10.2. The Morgan fingerprint density at radius 1 is 1.59 bits per heavy atom. The fourth-order valence-electron chi connectivity index (χ4n) is 2.11. The SMILES string of the molecule is CCOC(=O)c1[nH]c([C@@H]2CCCN2)cc1OC. The molecule has 0 bridgehead atoms. The van der Waals surface area contributed by atoms with Gasteiger partial charge in [0.05, 0.1) is 13.7 Å². The predicted molar refractivity (Wildman–Crippen MR) is 63.3 cm³/mol. The minimum atomic E-state index is -0.367. The first kappa shape index (κ1) is 12.0. The molecule has 0 spiro atoms. The molecule has 2 N–H and O–H groups in total. The fraction of sp³-hybridized carbons (Fsp3) is 0.583. The van der Waals surface area contributed by atoms with Gasteiger partial charge in [-0.25, -0.2) is 4.79 Å². The number of aromatic amines is 1. The number of carbonyl (C=O) groups is 1. The Hall–Kier alpha value is -1.49. The van der Waals surface area contributed by atoms with E-state index in [9.17, 15) is 4.79 Å². The lowest BCUT2D eigenvalue weighted by molar-refractivity contribution is 0.0516. The second kappa shape index (κ2) is 5.23. The molecular formula is C12H18N2O3. The molecule has 5 heteroatoms. The van der Waals surface area contributed by atoms with Crippen LogP contribution in [0.25, 0.3) is 0 Å². The van der Waals surface area contributed by atoms with Crippen LogP contribution < -0.4 is 10.1 Å². The quantitative estimate of drug-likeness (QED) is 0.782. The van der Waals surface area contributed by atoms with Crippen molar-refractivity contribution in [3.05, 3.63) is 17.5 Å². The molecule has 5 nitrogen and oxygen atoms in total. The molecule has 2 heterocycles. The first-order valence-electron chi connectivity index (χ1n) is 5.93. The molecule has 1 atom stereocenters. The van der Waals surface area contributed by atoms with E-state index in [4.69, 9.17) is 9.47 Å². The predicted octanol–water partition coefficient (Wildman–Crippen LogP) is 1.62. The van der Waals surface area contributed by atoms with Crippen molar-refractivity contribution in [2.24, 2.45) is 0 Å². The fourth-order valence-corrected chi connectivity index (χ4v) is 2.11. The van der Waals surface area contributed by atoms with E-state index in [1.165, 1.54) is 0 Å². The summed E-state index contributed by atoms with van der Waals surface area (Å²) in [4.78, 5) is 14.8. The van der Waals surface area contributed by atoms with Crippen molar-refractivity contribution in [1.82, 2.24) is 10.3 Å². The van der Waals surface area contributed by atoms with Crippen molar-refractivity contribution in [2.45, 2.75) is 25.8 Å². The monoisotopic (exact) mass is 238 g/mol. The maximum absolute atomic E-state index is 11.7. The zero-order valence-corrected chi connectivity index (χ0v) is 10.2. The molecule has 0 aromatic carbocycles. The molecule has 2 rings (SSSR count). The van der Waals surface area contributed by atoms with Crippen LogP contribution in [0.3, 0.4) is 0 Å². The summed E-state index contributed by atoms with van der Waals surface area (Å²) in [5.41, 5.74) is 1.39. The Kier molecular flexibility index (Phi) is 3.68. The van der Waals surface area contributed by atoms with Gasteiger partial charge in [0.1, 0.15) is 0 Å². The van der Waals surface area contributed by atoms with E-state index >= 15 is 0 Å². The summed E-state index contributed by atoms with van der Waals surface area (Å²) in [5, 5.41) is 3.37. The van der Waals surface area contributed by atoms with Crippen molar-refractivity contribution in [1.29, 1.82) is 0 Å². The number of methoxy groups -OCH3 is 1. The first-order valence-corrected chi connectivity index (χ1v) is 5.93. The van der Waals surface area contributed by atoms with E-state index in [-0.39, 0.29) is 12.0 Å². The summed E-state index contributed by atoms with van der Waals surface area (Å²) < 4.78 is 10.2. The molecular weight excluding hydrogens is 220 g/mol. The number of esters is 1. The molecule has 1 aromatic heterocycles. The van der Waals surface area contributed by atoms with Gasteiger partial charge in [-0.1, -0.05) is 0 Å². The van der Waals surface area contributed by atoms with Crippen LogP contribution in [0.2, 0.25) is 0 Å². The highest BCUT2D eigenvalue weighted by Crippen LogP contribution is 2.28. The van der Waals surface area contributed by atoms with Crippen LogP contribution in [0.1, 0.15) is 42.0 Å². The zero-order valence-electron chi connectivity index (χ0n) is 10.2. The van der Waals surface area contributed by atoms with Gasteiger partial charge in [-0.05, 0) is 26.3 Å². The van der Waals surface area contributed by atoms with Crippen molar-refractivity contribution in [3.8, 4) is 5.75 Å². The third kappa shape index (κ3) is 2.44. The minimum absolute atomic E-state index is 0.284. The lowest BCUT2D eigenvalue weighted by Gasteiger charge is -2.06. The topological polar surface area (TPSA) is 63.4 Å². The van der Waals surface area contributed by atoms with Crippen LogP contribution in [0, 0.1) is 0 Å². The second-order valence-electron chi connectivity index (χ2n) is 4.04. The maximum atomic E-state index is 11.7. The Labute approximate surface area is 100 Å². The van der Waals surface area contributed by atoms with Crippen molar-refractivity contribution in [2.75, 3.05) is 20.3 Å². The van der Waals surface area contributed by atoms with E-state index in [0.29, 0.717) is 18.1 Å². The van der Waals surface area contributed by atoms with Crippen LogP contribution in [0.5, 0.6) is 5.75 Å². The lowest BCUT2D eigenvalue weighted by Crippen LogP contribution is -2.13. The summed E-state index contributed by atoms with van der Waals surface area (Å²) in [6.45, 7) is 3.16. The van der Waals surface area contributed by atoms with E-state index in [1.807, 2.05) is 6.07 Å². The number of ether oxygens (including phenoxy) is 2. The summed E-state index contributed by atoms with van der Waals surface area (Å²) >= 11 is 0. The number of hydrogen-bond acceptors (Lipinski definition) is 4. The number of aromatic nitrogens is 1. The average molecular weight is 238 g/mol. The van der Waals surface area contributed by atoms with Gasteiger partial charge < -0.3 is 19.8 Å². The highest BCUT2D eigenvalue weighted by atomic mass is 16.5. The van der Waals surface area contributed by atoms with E-state index in [1.54, 1.807) is 14.0 Å². The Bertz CT molecular complexity index is 394. The standard InChI is InChI=1S/C12H18N2O3/c1-3-17-12(15)11-10(16-2)7-9(14-11)8-5-4-6-13-8/h7-8,13-14H,3-6H2,1-2H3/t8-/m0/s1. The molecule has 0 saturated carbocycles. The van der Waals surface area contributed by atoms with Crippen molar-refractivity contribution < 1.29 is 14.3 Å². The number of H-pyrrole nitrogens is 1. The molecule has 1 aliphatic heterocycles. The summed E-state index contributed by atoms with van der Waals surface area (Å²) in [7, 11) is 1.55. The summed E-state index contributed by atoms with van der Waals surface area (Å²) in [6, 6.07) is 2.15. The van der Waals surface area contributed by atoms with E-state index < -0.39 is 0 Å². The smallest absolute Gasteiger partial charge is 0.358 e. The van der Waals surface area contributed by atoms with Crippen LogP contribution in [-0.4, -0.2) is 31.2 Å². The van der Waals surface area contributed by atoms with Crippen LogP contribution in [0.15, 0.2) is 6.07 Å². The van der Waals surface area contributed by atoms with Gasteiger partial charge in [-0.2, -0.15) is 0 Å². The van der Waals surface area contributed by atoms with Gasteiger partial charge in [0.2, 0.25) is 0 Å². The molecule has 94 valence electrons. The van der Waals surface area contributed by atoms with Gasteiger partial charge in [0, 0.05) is 17.8 Å². The molecule has 17 heavy (non-hydrogen) atoms. The highest BCUT2D eigenvalue weighted by molar-refractivity contribution is 5.90. The molecule has 1 aromatic rings. The number of nitrogens with one attached hydrogen (secondary N) is 2. The molecule has 0 amide bonds. The maximum Gasteiger partial charge on any atom is 0.358 e. The van der Waals surface area contributed by atoms with E-state index in [2.05, 4.69) is 10.3 Å². The van der Waals surface area contributed by atoms with Gasteiger partial charge >= 0.3 is 5.97 Å². The van der Waals surface area contributed by atoms with Crippen LogP contribution >= 0.6 is 0 Å². The Morgan fingerprint density at radius 2 is 2.41 bits per heavy atom. The first-order chi connectivity index (χ1) is 8.26. The Morgan fingerprint density at radius 3 is 3.00 bits per heavy atom. The zero-order chi connectivity index (χ0) is 12.3. The van der Waals surface area contributed by atoms with Crippen LogP contribution in [0.4, 0.5) is 0 Å². The average Bonchev–Trinajstić information content (AvgIpc) is 2.97. The minimum Gasteiger partial charge on any atom is -0.494 e. The second-order valence-corrected chi connectivity index (χ2v) is 4.04. The summed E-state index contributed by atoms with van der Waals surface area (Å²) in [5.74, 6) is 0.181. The number of hydrogen-bond donors (Lipinski definition) is 2.